The third kappa shape index (κ3) is 3.46. The van der Waals surface area contributed by atoms with E-state index in [9.17, 15) is 0 Å². The summed E-state index contributed by atoms with van der Waals surface area (Å²) in [5.41, 5.74) is -0.148. The van der Waals surface area contributed by atoms with Crippen LogP contribution in [0.5, 0.6) is 0 Å². The average molecular weight is 297 g/mol. The lowest BCUT2D eigenvalue weighted by Crippen LogP contribution is -2.59. The van der Waals surface area contributed by atoms with E-state index >= 15 is 0 Å². The summed E-state index contributed by atoms with van der Waals surface area (Å²) in [6, 6.07) is 0.379. The van der Waals surface area contributed by atoms with Crippen LogP contribution in [-0.2, 0) is 9.47 Å². The molecule has 3 heteroatoms. The third-order valence-electron chi connectivity index (χ3n) is 5.64. The van der Waals surface area contributed by atoms with Crippen molar-refractivity contribution in [3.05, 3.63) is 0 Å². The van der Waals surface area contributed by atoms with Crippen LogP contribution in [0.1, 0.15) is 73.1 Å². The number of nitrogens with one attached hydrogen (secondary N) is 1. The molecule has 2 rings (SSSR count). The van der Waals surface area contributed by atoms with Crippen molar-refractivity contribution in [1.82, 2.24) is 5.32 Å². The molecule has 1 saturated carbocycles. The molecule has 1 aliphatic carbocycles. The summed E-state index contributed by atoms with van der Waals surface area (Å²) in [6.45, 7) is 12.1. The molecule has 0 aromatic rings. The Kier molecular flexibility index (Phi) is 5.07. The van der Waals surface area contributed by atoms with Crippen molar-refractivity contribution in [3.8, 4) is 0 Å². The Hall–Kier alpha value is -0.120. The third-order valence-corrected chi connectivity index (χ3v) is 5.64. The first-order valence-corrected chi connectivity index (χ1v) is 8.75. The van der Waals surface area contributed by atoms with Crippen molar-refractivity contribution in [2.45, 2.75) is 96.0 Å². The molecule has 124 valence electrons. The van der Waals surface area contributed by atoms with Gasteiger partial charge in [0.2, 0.25) is 0 Å². The van der Waals surface area contributed by atoms with Gasteiger partial charge in [-0.3, -0.25) is 0 Å². The molecule has 1 N–H and O–H groups in total. The van der Waals surface area contributed by atoms with Gasteiger partial charge in [-0.2, -0.15) is 0 Å². The predicted octanol–water partition coefficient (Wildman–Crippen LogP) is 3.91. The van der Waals surface area contributed by atoms with Crippen LogP contribution in [0.4, 0.5) is 0 Å². The van der Waals surface area contributed by atoms with Crippen LogP contribution >= 0.6 is 0 Å². The van der Waals surface area contributed by atoms with Gasteiger partial charge in [0.15, 0.2) is 0 Å². The zero-order chi connectivity index (χ0) is 15.7. The lowest BCUT2D eigenvalue weighted by Gasteiger charge is -2.47. The second kappa shape index (κ2) is 6.17. The van der Waals surface area contributed by atoms with Gasteiger partial charge in [0.1, 0.15) is 0 Å². The minimum atomic E-state index is -0.0979. The van der Waals surface area contributed by atoms with Crippen LogP contribution in [-0.4, -0.2) is 36.5 Å². The highest BCUT2D eigenvalue weighted by Crippen LogP contribution is 2.48. The SMILES string of the molecule is CCNC(C1CC(C)(C)OC1(C)C)C1(OC)CCCCC1. The number of methoxy groups -OCH3 is 1. The van der Waals surface area contributed by atoms with Crippen LogP contribution in [0.25, 0.3) is 0 Å². The maximum Gasteiger partial charge on any atom is 0.0834 e. The van der Waals surface area contributed by atoms with Crippen molar-refractivity contribution in [1.29, 1.82) is 0 Å². The zero-order valence-electron chi connectivity index (χ0n) is 14.9. The van der Waals surface area contributed by atoms with Crippen molar-refractivity contribution in [2.75, 3.05) is 13.7 Å². The minimum absolute atomic E-state index is 0.0139. The molecule has 2 fully saturated rings. The summed E-state index contributed by atoms with van der Waals surface area (Å²) in [6.07, 6.45) is 7.37. The topological polar surface area (TPSA) is 30.5 Å². The lowest BCUT2D eigenvalue weighted by atomic mass is 9.69. The Balaban J connectivity index is 2.29. The van der Waals surface area contributed by atoms with Crippen molar-refractivity contribution in [3.63, 3.8) is 0 Å². The largest absolute Gasteiger partial charge is 0.377 e. The molecule has 0 amide bonds. The zero-order valence-corrected chi connectivity index (χ0v) is 14.9. The Morgan fingerprint density at radius 1 is 1.14 bits per heavy atom. The van der Waals surface area contributed by atoms with Gasteiger partial charge < -0.3 is 14.8 Å². The number of ether oxygens (including phenoxy) is 2. The van der Waals surface area contributed by atoms with E-state index in [-0.39, 0.29) is 16.8 Å². The van der Waals surface area contributed by atoms with E-state index in [2.05, 4.69) is 39.9 Å². The molecule has 1 saturated heterocycles. The molecule has 0 aromatic carbocycles. The summed E-state index contributed by atoms with van der Waals surface area (Å²) in [5.74, 6) is 0.491. The molecule has 21 heavy (non-hydrogen) atoms. The molecule has 3 nitrogen and oxygen atoms in total. The quantitative estimate of drug-likeness (QED) is 0.834. The number of likely N-dealkylation sites (N-methyl/N-ethyl adjacent to an activating group) is 1. The summed E-state index contributed by atoms with van der Waals surface area (Å²) in [5, 5.41) is 3.77. The van der Waals surface area contributed by atoms with Crippen molar-refractivity contribution >= 4 is 0 Å². The van der Waals surface area contributed by atoms with E-state index in [1.807, 2.05) is 7.11 Å². The lowest BCUT2D eigenvalue weighted by molar-refractivity contribution is -0.114. The van der Waals surface area contributed by atoms with Crippen LogP contribution in [0.2, 0.25) is 0 Å². The molecular weight excluding hydrogens is 262 g/mol. The minimum Gasteiger partial charge on any atom is -0.377 e. The van der Waals surface area contributed by atoms with Crippen LogP contribution in [0.3, 0.4) is 0 Å². The summed E-state index contributed by atoms with van der Waals surface area (Å²) >= 11 is 0. The normalized spacial score (nSPS) is 32.0. The van der Waals surface area contributed by atoms with Gasteiger partial charge in [0.25, 0.3) is 0 Å². The van der Waals surface area contributed by atoms with Crippen LogP contribution < -0.4 is 5.32 Å². The second-order valence-corrected chi connectivity index (χ2v) is 8.14. The molecule has 2 unspecified atom stereocenters. The number of hydrogen-bond donors (Lipinski definition) is 1. The van der Waals surface area contributed by atoms with Gasteiger partial charge >= 0.3 is 0 Å². The molecule has 1 aliphatic heterocycles. The van der Waals surface area contributed by atoms with E-state index in [0.29, 0.717) is 12.0 Å². The van der Waals surface area contributed by atoms with E-state index in [1.165, 1.54) is 32.1 Å². The summed E-state index contributed by atoms with van der Waals surface area (Å²) in [4.78, 5) is 0. The predicted molar refractivity (Wildman–Crippen MR) is 87.6 cm³/mol. The van der Waals surface area contributed by atoms with Gasteiger partial charge in [-0.25, -0.2) is 0 Å². The van der Waals surface area contributed by atoms with Gasteiger partial charge in [0.05, 0.1) is 16.8 Å². The van der Waals surface area contributed by atoms with Crippen molar-refractivity contribution in [2.24, 2.45) is 5.92 Å². The van der Waals surface area contributed by atoms with E-state index in [1.54, 1.807) is 0 Å². The van der Waals surface area contributed by atoms with Crippen LogP contribution in [0, 0.1) is 5.92 Å². The highest BCUT2D eigenvalue weighted by Gasteiger charge is 2.54. The first kappa shape index (κ1) is 17.2. The highest BCUT2D eigenvalue weighted by molar-refractivity contribution is 5.07. The Morgan fingerprint density at radius 3 is 2.19 bits per heavy atom. The molecule has 2 aliphatic rings. The van der Waals surface area contributed by atoms with Gasteiger partial charge in [-0.15, -0.1) is 0 Å². The first-order valence-electron chi connectivity index (χ1n) is 8.75. The van der Waals surface area contributed by atoms with E-state index in [0.717, 1.165) is 13.0 Å². The maximum atomic E-state index is 6.36. The Morgan fingerprint density at radius 2 is 1.76 bits per heavy atom. The van der Waals surface area contributed by atoms with Gasteiger partial charge in [-0.05, 0) is 53.5 Å². The van der Waals surface area contributed by atoms with Crippen LogP contribution in [0.15, 0.2) is 0 Å². The smallest absolute Gasteiger partial charge is 0.0834 e. The maximum absolute atomic E-state index is 6.36. The van der Waals surface area contributed by atoms with E-state index in [4.69, 9.17) is 9.47 Å². The molecule has 0 aromatic heterocycles. The molecule has 0 spiro atoms. The fourth-order valence-electron chi connectivity index (χ4n) is 4.83. The fraction of sp³-hybridized carbons (Fsp3) is 1.00. The Labute approximate surface area is 131 Å². The molecule has 1 heterocycles. The standard InChI is InChI=1S/C18H35NO2/c1-7-19-15(18(20-6)11-9-8-10-12-18)14-13-16(2,3)21-17(14,4)5/h14-15,19H,7-13H2,1-6H3. The molecule has 0 bridgehead atoms. The average Bonchev–Trinajstić information content (AvgIpc) is 2.64. The summed E-state index contributed by atoms with van der Waals surface area (Å²) in [7, 11) is 1.91. The molecule has 2 atom stereocenters. The van der Waals surface area contributed by atoms with E-state index < -0.39 is 0 Å². The fourth-order valence-corrected chi connectivity index (χ4v) is 4.83. The summed E-state index contributed by atoms with van der Waals surface area (Å²) < 4.78 is 12.5. The Bertz CT molecular complexity index is 345. The number of hydrogen-bond acceptors (Lipinski definition) is 3. The highest BCUT2D eigenvalue weighted by atomic mass is 16.5. The molecular formula is C18H35NO2. The van der Waals surface area contributed by atoms with Crippen molar-refractivity contribution < 1.29 is 9.47 Å². The van der Waals surface area contributed by atoms with Gasteiger partial charge in [-0.1, -0.05) is 26.2 Å². The molecule has 0 radical (unpaired) electrons. The second-order valence-electron chi connectivity index (χ2n) is 8.14. The first-order chi connectivity index (χ1) is 9.76. The number of rotatable bonds is 5. The monoisotopic (exact) mass is 297 g/mol. The van der Waals surface area contributed by atoms with Gasteiger partial charge in [0, 0.05) is 19.1 Å².